The number of benzene rings is 2. The van der Waals surface area contributed by atoms with Gasteiger partial charge in [0.1, 0.15) is 0 Å². The highest BCUT2D eigenvalue weighted by Crippen LogP contribution is 2.23. The number of anilines is 1. The van der Waals surface area contributed by atoms with Gasteiger partial charge in [0.2, 0.25) is 5.95 Å². The first-order chi connectivity index (χ1) is 11.1. The summed E-state index contributed by atoms with van der Waals surface area (Å²) in [5.41, 5.74) is 2.56. The Hall–Kier alpha value is -1.41. The van der Waals surface area contributed by atoms with E-state index in [0.717, 1.165) is 32.0 Å². The molecule has 23 heavy (non-hydrogen) atoms. The number of hydrogen-bond acceptors (Lipinski definition) is 2. The van der Waals surface area contributed by atoms with Crippen LogP contribution in [0.2, 0.25) is 0 Å². The first-order valence-corrected chi connectivity index (χ1v) is 9.19. The summed E-state index contributed by atoms with van der Waals surface area (Å²) in [7, 11) is 0. The van der Waals surface area contributed by atoms with Crippen molar-refractivity contribution in [3.05, 3.63) is 56.1 Å². The third kappa shape index (κ3) is 3.42. The fraction of sp³-hybridized carbons (Fsp3) is 0.176. The van der Waals surface area contributed by atoms with Crippen LogP contribution in [0.5, 0.6) is 0 Å². The van der Waals surface area contributed by atoms with E-state index in [1.165, 1.54) is 0 Å². The lowest BCUT2D eigenvalue weighted by atomic mass is 10.2. The second-order valence-electron chi connectivity index (χ2n) is 5.15. The smallest absolute Gasteiger partial charge is 0.259 e. The molecule has 2 aromatic carbocycles. The lowest BCUT2D eigenvalue weighted by Gasteiger charge is -2.10. The molecule has 0 aliphatic carbocycles. The van der Waals surface area contributed by atoms with Crippen molar-refractivity contribution in [2.45, 2.75) is 19.9 Å². The number of halogens is 2. The lowest BCUT2D eigenvalue weighted by Crippen LogP contribution is -2.17. The zero-order chi connectivity index (χ0) is 16.4. The van der Waals surface area contributed by atoms with E-state index in [4.69, 9.17) is 0 Å². The van der Waals surface area contributed by atoms with Crippen molar-refractivity contribution in [3.8, 4) is 0 Å². The van der Waals surface area contributed by atoms with Crippen LogP contribution in [-0.2, 0) is 6.54 Å². The molecule has 0 saturated heterocycles. The first-order valence-electron chi connectivity index (χ1n) is 7.32. The molecular formula is C17H15BrIN3O. The molecule has 6 heteroatoms. The normalized spacial score (nSPS) is 10.9. The van der Waals surface area contributed by atoms with Gasteiger partial charge in [-0.05, 0) is 59.3 Å². The molecular weight excluding hydrogens is 469 g/mol. The average molecular weight is 484 g/mol. The maximum Gasteiger partial charge on any atom is 0.259 e. The zero-order valence-corrected chi connectivity index (χ0v) is 16.3. The topological polar surface area (TPSA) is 46.9 Å². The van der Waals surface area contributed by atoms with E-state index in [1.807, 2.05) is 42.5 Å². The summed E-state index contributed by atoms with van der Waals surface area (Å²) >= 11 is 5.58. The van der Waals surface area contributed by atoms with Crippen molar-refractivity contribution in [3.63, 3.8) is 0 Å². The van der Waals surface area contributed by atoms with Crippen LogP contribution in [0.25, 0.3) is 11.0 Å². The Morgan fingerprint density at radius 2 is 2.09 bits per heavy atom. The number of fused-ring (bicyclic) bond motifs is 1. The number of carbonyl (C=O) groups excluding carboxylic acids is 1. The highest BCUT2D eigenvalue weighted by atomic mass is 127. The molecule has 0 radical (unpaired) electrons. The number of hydrogen-bond donors (Lipinski definition) is 1. The van der Waals surface area contributed by atoms with Crippen molar-refractivity contribution in [1.29, 1.82) is 0 Å². The molecule has 3 rings (SSSR count). The van der Waals surface area contributed by atoms with Gasteiger partial charge in [-0.25, -0.2) is 4.98 Å². The lowest BCUT2D eigenvalue weighted by molar-refractivity contribution is 0.102. The summed E-state index contributed by atoms with van der Waals surface area (Å²) in [6.07, 6.45) is 0.970. The van der Waals surface area contributed by atoms with Crippen molar-refractivity contribution in [2.24, 2.45) is 0 Å². The quantitative estimate of drug-likeness (QED) is 0.527. The molecule has 1 N–H and O–H groups in total. The van der Waals surface area contributed by atoms with Gasteiger partial charge in [0.05, 0.1) is 16.6 Å². The number of aryl methyl sites for hydroxylation is 1. The van der Waals surface area contributed by atoms with Gasteiger partial charge in [0, 0.05) is 14.6 Å². The Labute approximate surface area is 156 Å². The number of amides is 1. The Bertz CT molecular complexity index is 875. The molecule has 0 spiro atoms. The van der Waals surface area contributed by atoms with E-state index in [0.29, 0.717) is 11.5 Å². The number of para-hydroxylation sites is 2. The standard InChI is InChI=1S/C17H15BrIN3O/c1-2-9-22-15-6-4-3-5-14(15)20-17(22)21-16(23)12-10-11(18)7-8-13(12)19/h3-8,10H,2,9H2,1H3,(H,20,21,23). The van der Waals surface area contributed by atoms with Crippen LogP contribution in [0.15, 0.2) is 46.9 Å². The fourth-order valence-electron chi connectivity index (χ4n) is 2.46. The number of nitrogens with one attached hydrogen (secondary N) is 1. The van der Waals surface area contributed by atoms with E-state index in [1.54, 1.807) is 0 Å². The van der Waals surface area contributed by atoms with Crippen LogP contribution in [0.1, 0.15) is 23.7 Å². The molecule has 0 bridgehead atoms. The zero-order valence-electron chi connectivity index (χ0n) is 12.5. The van der Waals surface area contributed by atoms with Crippen LogP contribution < -0.4 is 5.32 Å². The minimum Gasteiger partial charge on any atom is -0.310 e. The summed E-state index contributed by atoms with van der Waals surface area (Å²) in [4.78, 5) is 17.2. The second-order valence-corrected chi connectivity index (χ2v) is 7.23. The molecule has 118 valence electrons. The third-order valence-electron chi connectivity index (χ3n) is 3.50. The minimum atomic E-state index is -0.150. The molecule has 4 nitrogen and oxygen atoms in total. The van der Waals surface area contributed by atoms with E-state index in [9.17, 15) is 4.79 Å². The molecule has 1 amide bonds. The Morgan fingerprint density at radius 3 is 2.87 bits per heavy atom. The van der Waals surface area contributed by atoms with Gasteiger partial charge in [-0.3, -0.25) is 10.1 Å². The Kier molecular flexibility index (Phi) is 5.01. The molecule has 0 fully saturated rings. The predicted molar refractivity (Wildman–Crippen MR) is 105 cm³/mol. The number of rotatable bonds is 4. The van der Waals surface area contributed by atoms with Crippen molar-refractivity contribution >= 4 is 61.4 Å². The van der Waals surface area contributed by atoms with Crippen LogP contribution in [0.3, 0.4) is 0 Å². The average Bonchev–Trinajstić information content (AvgIpc) is 2.88. The van der Waals surface area contributed by atoms with Crippen molar-refractivity contribution < 1.29 is 4.79 Å². The molecule has 0 aliphatic heterocycles. The van der Waals surface area contributed by atoms with Gasteiger partial charge in [0.25, 0.3) is 5.91 Å². The molecule has 0 aliphatic rings. The largest absolute Gasteiger partial charge is 0.310 e. The van der Waals surface area contributed by atoms with Gasteiger partial charge < -0.3 is 4.57 Å². The summed E-state index contributed by atoms with van der Waals surface area (Å²) in [5.74, 6) is 0.442. The van der Waals surface area contributed by atoms with E-state index in [-0.39, 0.29) is 5.91 Å². The third-order valence-corrected chi connectivity index (χ3v) is 4.93. The maximum atomic E-state index is 12.6. The predicted octanol–water partition coefficient (Wildman–Crippen LogP) is 5.07. The second kappa shape index (κ2) is 7.00. The van der Waals surface area contributed by atoms with Gasteiger partial charge >= 0.3 is 0 Å². The monoisotopic (exact) mass is 483 g/mol. The van der Waals surface area contributed by atoms with Crippen molar-refractivity contribution in [2.75, 3.05) is 5.32 Å². The number of imidazole rings is 1. The molecule has 0 atom stereocenters. The van der Waals surface area contributed by atoms with E-state index < -0.39 is 0 Å². The number of aromatic nitrogens is 2. The SMILES string of the molecule is CCCn1c(NC(=O)c2cc(Br)ccc2I)nc2ccccc21. The molecule has 3 aromatic rings. The summed E-state index contributed by atoms with van der Waals surface area (Å²) in [6, 6.07) is 13.6. The minimum absolute atomic E-state index is 0.150. The van der Waals surface area contributed by atoms with Gasteiger partial charge in [0.15, 0.2) is 0 Å². The number of carbonyl (C=O) groups is 1. The molecule has 0 unspecified atom stereocenters. The highest BCUT2D eigenvalue weighted by molar-refractivity contribution is 14.1. The van der Waals surface area contributed by atoms with Gasteiger partial charge in [-0.2, -0.15) is 0 Å². The van der Waals surface area contributed by atoms with Crippen LogP contribution >= 0.6 is 38.5 Å². The van der Waals surface area contributed by atoms with E-state index in [2.05, 4.69) is 60.3 Å². The number of nitrogens with zero attached hydrogens (tertiary/aromatic N) is 2. The fourth-order valence-corrected chi connectivity index (χ4v) is 3.40. The van der Waals surface area contributed by atoms with Crippen LogP contribution in [0, 0.1) is 3.57 Å². The van der Waals surface area contributed by atoms with E-state index >= 15 is 0 Å². The Balaban J connectivity index is 1.99. The molecule has 1 aromatic heterocycles. The van der Waals surface area contributed by atoms with Crippen LogP contribution in [0.4, 0.5) is 5.95 Å². The first kappa shape index (κ1) is 16.4. The van der Waals surface area contributed by atoms with Gasteiger partial charge in [-0.1, -0.05) is 35.0 Å². The van der Waals surface area contributed by atoms with Crippen LogP contribution in [-0.4, -0.2) is 15.5 Å². The van der Waals surface area contributed by atoms with Gasteiger partial charge in [-0.15, -0.1) is 0 Å². The Morgan fingerprint density at radius 1 is 1.30 bits per heavy atom. The highest BCUT2D eigenvalue weighted by Gasteiger charge is 2.16. The molecule has 0 saturated carbocycles. The summed E-state index contributed by atoms with van der Waals surface area (Å²) in [5, 5.41) is 2.96. The van der Waals surface area contributed by atoms with Crippen molar-refractivity contribution in [1.82, 2.24) is 9.55 Å². The summed E-state index contributed by atoms with van der Waals surface area (Å²) in [6.45, 7) is 2.92. The molecule has 1 heterocycles. The summed E-state index contributed by atoms with van der Waals surface area (Å²) < 4.78 is 3.84. The maximum absolute atomic E-state index is 12.6.